The van der Waals surface area contributed by atoms with Crippen molar-refractivity contribution in [3.63, 3.8) is 0 Å². The van der Waals surface area contributed by atoms with Gasteiger partial charge in [-0.3, -0.25) is 0 Å². The molecule has 0 fully saturated rings. The van der Waals surface area contributed by atoms with Crippen LogP contribution in [-0.2, 0) is 27.9 Å². The van der Waals surface area contributed by atoms with Gasteiger partial charge in [-0.2, -0.15) is 4.89 Å². The van der Waals surface area contributed by atoms with Crippen molar-refractivity contribution in [1.82, 2.24) is 0 Å². The topological polar surface area (TPSA) is 81.7 Å². The first-order chi connectivity index (χ1) is 30.0. The average Bonchev–Trinajstić information content (AvgIpc) is 3.86. The van der Waals surface area contributed by atoms with Crippen LogP contribution in [0.3, 0.4) is 0 Å². The number of unbranched alkanes of at least 4 members (excludes halogenated alkanes) is 10. The highest BCUT2D eigenvalue weighted by Crippen LogP contribution is 2.56. The number of carbonyl (C=O) groups is 1. The minimum Gasteiger partial charge on any atom is -0.496 e. The SMILES string of the molecule is CCCCCCCCOc1ccc(/C=C/COOc2cc(OC)c3c(c2)C2(CC3)CCc3c(OC)cc(C(=O)O/C=C/c4ccc(OCCCCCCCC)cc4)cc32)cc1. The largest absolute Gasteiger partial charge is 0.496 e. The number of esters is 1. The van der Waals surface area contributed by atoms with Crippen LogP contribution >= 0.6 is 0 Å². The minimum absolute atomic E-state index is 0.264. The Bertz CT molecular complexity index is 2030. The van der Waals surface area contributed by atoms with E-state index in [9.17, 15) is 4.79 Å². The molecule has 8 heteroatoms. The second-order valence-corrected chi connectivity index (χ2v) is 16.3. The van der Waals surface area contributed by atoms with Crippen LogP contribution in [0.25, 0.3) is 12.2 Å². The van der Waals surface area contributed by atoms with Crippen LogP contribution in [0.2, 0.25) is 0 Å². The lowest BCUT2D eigenvalue weighted by Gasteiger charge is -2.28. The summed E-state index contributed by atoms with van der Waals surface area (Å²) in [5, 5.41) is 0. The summed E-state index contributed by atoms with van der Waals surface area (Å²) in [5.41, 5.74) is 6.56. The van der Waals surface area contributed by atoms with Crippen molar-refractivity contribution in [2.24, 2.45) is 0 Å². The number of benzene rings is 4. The van der Waals surface area contributed by atoms with Crippen molar-refractivity contribution < 1.29 is 38.3 Å². The first-order valence-electron chi connectivity index (χ1n) is 22.7. The highest BCUT2D eigenvalue weighted by atomic mass is 17.2. The van der Waals surface area contributed by atoms with Gasteiger partial charge in [0.05, 0.1) is 39.3 Å². The van der Waals surface area contributed by atoms with Gasteiger partial charge in [0.15, 0.2) is 5.75 Å². The molecular formula is C53H66O8. The molecule has 0 N–H and O–H groups in total. The average molecular weight is 831 g/mol. The third kappa shape index (κ3) is 12.4. The Morgan fingerprint density at radius 3 is 1.70 bits per heavy atom. The van der Waals surface area contributed by atoms with Crippen molar-refractivity contribution in [1.29, 1.82) is 0 Å². The summed E-state index contributed by atoms with van der Waals surface area (Å²) in [5.74, 6) is 3.31. The van der Waals surface area contributed by atoms with E-state index in [0.717, 1.165) is 102 Å². The predicted octanol–water partition coefficient (Wildman–Crippen LogP) is 13.2. The van der Waals surface area contributed by atoms with Crippen molar-refractivity contribution in [3.05, 3.63) is 124 Å². The van der Waals surface area contributed by atoms with Gasteiger partial charge in [0.2, 0.25) is 0 Å². The van der Waals surface area contributed by atoms with E-state index in [0.29, 0.717) is 17.1 Å². The summed E-state index contributed by atoms with van der Waals surface area (Å²) in [6.07, 6.45) is 25.5. The first kappa shape index (κ1) is 45.3. The van der Waals surface area contributed by atoms with Crippen LogP contribution in [0.5, 0.6) is 28.7 Å². The Balaban J connectivity index is 1.04. The number of methoxy groups -OCH3 is 2. The molecule has 0 heterocycles. The van der Waals surface area contributed by atoms with E-state index in [4.69, 9.17) is 33.5 Å². The van der Waals surface area contributed by atoms with E-state index in [1.165, 1.54) is 70.5 Å². The predicted molar refractivity (Wildman–Crippen MR) is 244 cm³/mol. The van der Waals surface area contributed by atoms with Crippen molar-refractivity contribution in [3.8, 4) is 28.7 Å². The van der Waals surface area contributed by atoms with E-state index in [2.05, 4.69) is 19.9 Å². The fourth-order valence-electron chi connectivity index (χ4n) is 8.71. The second-order valence-electron chi connectivity index (χ2n) is 16.3. The van der Waals surface area contributed by atoms with Gasteiger partial charge in [0.1, 0.15) is 29.6 Å². The lowest BCUT2D eigenvalue weighted by atomic mass is 9.76. The number of ether oxygens (including phenoxy) is 5. The molecular weight excluding hydrogens is 765 g/mol. The second kappa shape index (κ2) is 23.7. The lowest BCUT2D eigenvalue weighted by molar-refractivity contribution is -0.195. The van der Waals surface area contributed by atoms with Gasteiger partial charge in [-0.1, -0.05) is 114 Å². The Morgan fingerprint density at radius 1 is 0.607 bits per heavy atom. The third-order valence-corrected chi connectivity index (χ3v) is 12.1. The summed E-state index contributed by atoms with van der Waals surface area (Å²) >= 11 is 0. The number of rotatable bonds is 26. The van der Waals surface area contributed by atoms with Crippen LogP contribution in [0, 0.1) is 0 Å². The number of hydrogen-bond acceptors (Lipinski definition) is 8. The van der Waals surface area contributed by atoms with Crippen LogP contribution in [0.1, 0.15) is 147 Å². The maximum atomic E-state index is 13.5. The van der Waals surface area contributed by atoms with Gasteiger partial charge in [-0.15, -0.1) is 0 Å². The van der Waals surface area contributed by atoms with Gasteiger partial charge in [-0.05, 0) is 120 Å². The highest BCUT2D eigenvalue weighted by molar-refractivity contribution is 5.91. The van der Waals surface area contributed by atoms with Gasteiger partial charge >= 0.3 is 5.97 Å². The summed E-state index contributed by atoms with van der Waals surface area (Å²) in [6.45, 7) is 6.21. The Labute approximate surface area is 364 Å². The standard InChI is InChI=1S/C53H66O8/c1-5-7-9-11-13-15-32-57-43-23-19-40(20-24-43)18-17-34-60-61-45-38-49-47(51(39-45)56-4)28-31-53(49)30-27-46-48(53)36-42(37-50(46)55-3)52(54)59-35-29-41-21-25-44(26-22-41)58-33-16-14-12-10-8-6-2/h17-26,29,35-39H,5-16,27-28,30-34H2,1-4H3/b18-17+,35-29+. The normalized spacial score (nSPS) is 15.3. The van der Waals surface area contributed by atoms with Crippen molar-refractivity contribution >= 4 is 18.1 Å². The molecule has 61 heavy (non-hydrogen) atoms. The quantitative estimate of drug-likeness (QED) is 0.0203. The molecule has 0 radical (unpaired) electrons. The van der Waals surface area contributed by atoms with Gasteiger partial charge < -0.3 is 28.6 Å². The zero-order chi connectivity index (χ0) is 42.7. The molecule has 0 aliphatic heterocycles. The molecule has 0 bridgehead atoms. The molecule has 2 aliphatic carbocycles. The molecule has 1 spiro atoms. The Kier molecular flexibility index (Phi) is 17.6. The van der Waals surface area contributed by atoms with Crippen molar-refractivity contribution in [2.45, 2.75) is 122 Å². The van der Waals surface area contributed by atoms with Crippen LogP contribution in [0.15, 0.2) is 85.1 Å². The zero-order valence-corrected chi connectivity index (χ0v) is 36.9. The van der Waals surface area contributed by atoms with Crippen LogP contribution in [0.4, 0.5) is 0 Å². The molecule has 2 aliphatic rings. The maximum Gasteiger partial charge on any atom is 0.343 e. The molecule has 0 amide bonds. The van der Waals surface area contributed by atoms with Gasteiger partial charge in [-0.25, -0.2) is 4.79 Å². The van der Waals surface area contributed by atoms with Gasteiger partial charge in [0, 0.05) is 11.5 Å². The van der Waals surface area contributed by atoms with Crippen LogP contribution < -0.4 is 23.8 Å². The summed E-state index contributed by atoms with van der Waals surface area (Å²) < 4.78 is 29.3. The third-order valence-electron chi connectivity index (χ3n) is 12.1. The first-order valence-corrected chi connectivity index (χ1v) is 22.7. The monoisotopic (exact) mass is 830 g/mol. The molecule has 0 saturated carbocycles. The molecule has 326 valence electrons. The number of fused-ring (bicyclic) bond motifs is 4. The fourth-order valence-corrected chi connectivity index (χ4v) is 8.71. The Hall–Kier alpha value is -5.21. The number of hydrogen-bond donors (Lipinski definition) is 0. The van der Waals surface area contributed by atoms with Crippen molar-refractivity contribution in [2.75, 3.05) is 34.0 Å². The molecule has 0 saturated heterocycles. The highest BCUT2D eigenvalue weighted by Gasteiger charge is 2.47. The molecule has 6 rings (SSSR count). The van der Waals surface area contributed by atoms with E-state index in [1.807, 2.05) is 72.8 Å². The molecule has 4 aromatic rings. The summed E-state index contributed by atoms with van der Waals surface area (Å²) in [4.78, 5) is 25.1. The Morgan fingerprint density at radius 2 is 1.13 bits per heavy atom. The van der Waals surface area contributed by atoms with E-state index in [-0.39, 0.29) is 12.0 Å². The summed E-state index contributed by atoms with van der Waals surface area (Å²) in [6, 6.07) is 23.7. The molecule has 8 nitrogen and oxygen atoms in total. The molecule has 1 atom stereocenters. The lowest BCUT2D eigenvalue weighted by Crippen LogP contribution is -2.22. The number of carbonyl (C=O) groups excluding carboxylic acids is 1. The summed E-state index contributed by atoms with van der Waals surface area (Å²) in [7, 11) is 3.34. The minimum atomic E-state index is -0.444. The van der Waals surface area contributed by atoms with E-state index in [1.54, 1.807) is 26.4 Å². The zero-order valence-electron chi connectivity index (χ0n) is 36.9. The maximum absolute atomic E-state index is 13.5. The molecule has 4 aromatic carbocycles. The molecule has 1 unspecified atom stereocenters. The van der Waals surface area contributed by atoms with E-state index < -0.39 is 5.97 Å². The van der Waals surface area contributed by atoms with Crippen LogP contribution in [-0.4, -0.2) is 40.0 Å². The van der Waals surface area contributed by atoms with Gasteiger partial charge in [0.25, 0.3) is 0 Å². The smallest absolute Gasteiger partial charge is 0.343 e. The fraction of sp³-hybridized carbons (Fsp3) is 0.453. The molecule has 0 aromatic heterocycles. The van der Waals surface area contributed by atoms with E-state index >= 15 is 0 Å².